The zero-order valence-corrected chi connectivity index (χ0v) is 43.2. The van der Waals surface area contributed by atoms with E-state index in [1.54, 1.807) is 0 Å². The van der Waals surface area contributed by atoms with Crippen molar-refractivity contribution in [2.45, 2.75) is 196 Å². The van der Waals surface area contributed by atoms with Crippen LogP contribution in [-0.2, 0) is 66.8 Å². The van der Waals surface area contributed by atoms with Gasteiger partial charge in [0.1, 0.15) is 54.9 Å². The Morgan fingerprint density at radius 3 is 1.36 bits per heavy atom. The normalized spacial score (nSPS) is 31.2. The van der Waals surface area contributed by atoms with Gasteiger partial charge < -0.3 is 100 Å². The SMILES string of the molecule is C[C@@H]1O[C@@H](OCCNC(=O)CN(CC(=O)NCCO[C@@H]2O[C@@H](C)[C@@H](O)[C@@H](O)[C@@H]2O)[C@@H](CCCCNC(=O)CCCCCCCC(=O)ON2C(=O)CCC2=O)C(=O)NCCO[C@@H]2O[C@@H](C)[C@@H](O)[C@@H](O)[C@@H]2O)[C@@H](O)[C@H](O)[C@@H]1O. The van der Waals surface area contributed by atoms with Crippen molar-refractivity contribution in [1.82, 2.24) is 31.2 Å². The van der Waals surface area contributed by atoms with E-state index in [9.17, 15) is 79.5 Å². The molecular formula is C47H80N6O23. The quantitative estimate of drug-likeness (QED) is 0.0220. The van der Waals surface area contributed by atoms with Gasteiger partial charge in [0.2, 0.25) is 23.6 Å². The molecule has 4 saturated heterocycles. The summed E-state index contributed by atoms with van der Waals surface area (Å²) in [5, 5.41) is 103. The van der Waals surface area contributed by atoms with E-state index in [2.05, 4.69) is 21.3 Å². The molecular weight excluding hydrogens is 1020 g/mol. The maximum atomic E-state index is 14.1. The van der Waals surface area contributed by atoms with Gasteiger partial charge in [-0.3, -0.25) is 33.7 Å². The number of unbranched alkanes of at least 4 members (excludes halogenated alkanes) is 5. The molecule has 0 aromatic carbocycles. The summed E-state index contributed by atoms with van der Waals surface area (Å²) in [6.45, 7) is 2.36. The number of ether oxygens (including phenoxy) is 6. The molecule has 6 amide bonds. The van der Waals surface area contributed by atoms with E-state index in [-0.39, 0.29) is 84.0 Å². The Labute approximate surface area is 439 Å². The minimum atomic E-state index is -1.61. The van der Waals surface area contributed by atoms with Crippen LogP contribution in [-0.4, -0.2) is 255 Å². The molecule has 0 aliphatic carbocycles. The molecule has 4 rings (SSSR count). The fourth-order valence-corrected chi connectivity index (χ4v) is 8.56. The number of hydrogen-bond acceptors (Lipinski definition) is 24. The van der Waals surface area contributed by atoms with E-state index in [4.69, 9.17) is 33.3 Å². The summed E-state index contributed by atoms with van der Waals surface area (Å²) in [6.07, 6.45) is -16.1. The first-order valence-electron chi connectivity index (χ1n) is 25.9. The molecule has 0 saturated carbocycles. The maximum Gasteiger partial charge on any atom is 0.333 e. The second-order valence-electron chi connectivity index (χ2n) is 19.2. The van der Waals surface area contributed by atoms with Gasteiger partial charge in [0.15, 0.2) is 18.9 Å². The molecule has 4 aliphatic heterocycles. The Balaban J connectivity index is 1.33. The molecule has 0 aromatic rings. The molecule has 16 atom stereocenters. The summed E-state index contributed by atoms with van der Waals surface area (Å²) >= 11 is 0. The summed E-state index contributed by atoms with van der Waals surface area (Å²) in [5.74, 6) is -3.99. The minimum Gasteiger partial charge on any atom is -0.388 e. The summed E-state index contributed by atoms with van der Waals surface area (Å²) < 4.78 is 32.9. The van der Waals surface area contributed by atoms with Crippen LogP contribution in [0, 0.1) is 0 Å². The van der Waals surface area contributed by atoms with Gasteiger partial charge in [0.05, 0.1) is 57.3 Å². The molecule has 13 N–H and O–H groups in total. The lowest BCUT2D eigenvalue weighted by atomic mass is 10.0. The van der Waals surface area contributed by atoms with Gasteiger partial charge in [-0.15, -0.1) is 5.06 Å². The molecule has 436 valence electrons. The minimum absolute atomic E-state index is 0.00630. The van der Waals surface area contributed by atoms with Gasteiger partial charge >= 0.3 is 5.97 Å². The summed E-state index contributed by atoms with van der Waals surface area (Å²) in [4.78, 5) is 95.3. The van der Waals surface area contributed by atoms with Gasteiger partial charge in [-0.05, 0) is 52.9 Å². The van der Waals surface area contributed by atoms with Crippen molar-refractivity contribution in [3.8, 4) is 0 Å². The van der Waals surface area contributed by atoms with Crippen molar-refractivity contribution in [2.24, 2.45) is 0 Å². The molecule has 76 heavy (non-hydrogen) atoms. The van der Waals surface area contributed by atoms with Crippen molar-refractivity contribution in [1.29, 1.82) is 0 Å². The van der Waals surface area contributed by atoms with Gasteiger partial charge in [0.25, 0.3) is 11.8 Å². The fourth-order valence-electron chi connectivity index (χ4n) is 8.56. The highest BCUT2D eigenvalue weighted by Crippen LogP contribution is 2.24. The third-order valence-corrected chi connectivity index (χ3v) is 13.2. The summed E-state index contributed by atoms with van der Waals surface area (Å²) in [6, 6.07) is -1.18. The number of carbonyl (C=O) groups is 7. The van der Waals surface area contributed by atoms with Crippen molar-refractivity contribution in [2.75, 3.05) is 59.1 Å². The average molecular weight is 1100 g/mol. The zero-order chi connectivity index (χ0) is 56.1. The number of amides is 6. The van der Waals surface area contributed by atoms with Crippen LogP contribution in [0.25, 0.3) is 0 Å². The standard InChI is InChI=1S/C47H80N6O23/c1-25-35(60)38(63)41(66)45(73-25)70-20-17-49-30(55)23-52(24-31(56)50-18-21-71-46-42(67)39(64)36(61)26(2)74-46)28(44(69)51-19-22-72-47-43(68)40(65)37(62)27(3)75-47)11-9-10-16-48-29(54)12-7-5-4-6-8-13-34(59)76-53-32(57)14-15-33(53)58/h25-28,35-43,45-47,60-68H,4-24H2,1-3H3,(H,48,54)(H,49,55)(H,50,56)(H,51,69)/t25-,26-,27-,28-,35+,36+,37+,38+,39+,40+,41-,42-,43-,45+,46+,47+/m0/s1. The molecule has 4 aliphatic rings. The number of hydroxylamine groups is 2. The molecule has 0 aromatic heterocycles. The molecule has 29 heteroatoms. The number of imide groups is 1. The number of carbonyl (C=O) groups excluding carboxylic acids is 7. The maximum absolute atomic E-state index is 14.1. The number of nitrogens with one attached hydrogen (secondary N) is 4. The smallest absolute Gasteiger partial charge is 0.333 e. The third-order valence-electron chi connectivity index (χ3n) is 13.2. The average Bonchev–Trinajstić information content (AvgIpc) is 3.70. The number of rotatable bonds is 32. The number of nitrogens with zero attached hydrogens (tertiary/aromatic N) is 2. The Morgan fingerprint density at radius 2 is 0.908 bits per heavy atom. The molecule has 4 fully saturated rings. The van der Waals surface area contributed by atoms with Crippen LogP contribution in [0.4, 0.5) is 0 Å². The first kappa shape index (κ1) is 64.4. The van der Waals surface area contributed by atoms with E-state index in [1.807, 2.05) is 0 Å². The van der Waals surface area contributed by atoms with Crippen molar-refractivity contribution in [3.05, 3.63) is 0 Å². The van der Waals surface area contributed by atoms with E-state index in [1.165, 1.54) is 25.7 Å². The van der Waals surface area contributed by atoms with Crippen LogP contribution in [0.2, 0.25) is 0 Å². The van der Waals surface area contributed by atoms with E-state index in [0.29, 0.717) is 43.6 Å². The Bertz CT molecular complexity index is 1790. The lowest BCUT2D eigenvalue weighted by Gasteiger charge is -2.39. The molecule has 0 radical (unpaired) electrons. The molecule has 0 spiro atoms. The Hall–Kier alpha value is -4.15. The largest absolute Gasteiger partial charge is 0.388 e. The monoisotopic (exact) mass is 1100 g/mol. The first-order valence-corrected chi connectivity index (χ1v) is 25.9. The van der Waals surface area contributed by atoms with Gasteiger partial charge in [-0.25, -0.2) is 4.79 Å². The lowest BCUT2D eigenvalue weighted by Crippen LogP contribution is -2.58. The number of aliphatic hydroxyl groups is 9. The van der Waals surface area contributed by atoms with Crippen LogP contribution in [0.1, 0.15) is 97.8 Å². The number of hydrogen-bond donors (Lipinski definition) is 13. The van der Waals surface area contributed by atoms with Crippen LogP contribution in [0.5, 0.6) is 0 Å². The molecule has 29 nitrogen and oxygen atoms in total. The molecule has 0 bridgehead atoms. The van der Waals surface area contributed by atoms with Gasteiger partial charge in [0, 0.05) is 51.9 Å². The first-order chi connectivity index (χ1) is 36.1. The van der Waals surface area contributed by atoms with Crippen LogP contribution in [0.15, 0.2) is 0 Å². The van der Waals surface area contributed by atoms with Crippen LogP contribution < -0.4 is 21.3 Å². The Morgan fingerprint density at radius 1 is 0.513 bits per heavy atom. The summed E-state index contributed by atoms with van der Waals surface area (Å²) in [7, 11) is 0. The summed E-state index contributed by atoms with van der Waals surface area (Å²) in [5.41, 5.74) is 0. The third kappa shape index (κ3) is 20.3. The van der Waals surface area contributed by atoms with Crippen molar-refractivity contribution < 1.29 is 113 Å². The number of aliphatic hydroxyl groups excluding tert-OH is 9. The highest BCUT2D eigenvalue weighted by atomic mass is 16.7. The van der Waals surface area contributed by atoms with Gasteiger partial charge in [-0.1, -0.05) is 19.3 Å². The highest BCUT2D eigenvalue weighted by Gasteiger charge is 2.45. The Kier molecular flexibility index (Phi) is 27.7. The topological polar surface area (TPSA) is 421 Å². The van der Waals surface area contributed by atoms with E-state index in [0.717, 1.165) is 6.42 Å². The second-order valence-corrected chi connectivity index (χ2v) is 19.2. The van der Waals surface area contributed by atoms with Crippen LogP contribution >= 0.6 is 0 Å². The fraction of sp³-hybridized carbons (Fsp3) is 0.851. The highest BCUT2D eigenvalue weighted by molar-refractivity contribution is 6.01. The predicted molar refractivity (Wildman–Crippen MR) is 256 cm³/mol. The zero-order valence-electron chi connectivity index (χ0n) is 43.2. The van der Waals surface area contributed by atoms with Crippen LogP contribution in [0.3, 0.4) is 0 Å². The molecule has 0 unspecified atom stereocenters. The van der Waals surface area contributed by atoms with Gasteiger partial charge in [-0.2, -0.15) is 0 Å². The van der Waals surface area contributed by atoms with E-state index < -0.39 is 147 Å². The van der Waals surface area contributed by atoms with Crippen molar-refractivity contribution in [3.63, 3.8) is 0 Å². The lowest BCUT2D eigenvalue weighted by molar-refractivity contribution is -0.292. The predicted octanol–water partition coefficient (Wildman–Crippen LogP) is -5.84. The van der Waals surface area contributed by atoms with Crippen molar-refractivity contribution >= 4 is 41.4 Å². The molecule has 4 heterocycles. The second kappa shape index (κ2) is 32.7. The van der Waals surface area contributed by atoms with E-state index >= 15 is 0 Å².